The molecule has 1 heterocycles. The monoisotopic (exact) mass is 427 g/mol. The summed E-state index contributed by atoms with van der Waals surface area (Å²) in [6.45, 7) is 2.99. The molecule has 0 aliphatic rings. The SMILES string of the molecule is CCOc1ccc(-c2ccc(CNC(=O)Nc3ccc(OC)cc3)c3cnccc23)cc1. The minimum atomic E-state index is -0.275. The normalized spacial score (nSPS) is 10.6. The molecule has 1 aromatic heterocycles. The van der Waals surface area contributed by atoms with Crippen molar-refractivity contribution < 1.29 is 14.3 Å². The van der Waals surface area contributed by atoms with Gasteiger partial charge in [-0.15, -0.1) is 0 Å². The Hall–Kier alpha value is -4.06. The van der Waals surface area contributed by atoms with E-state index in [2.05, 4.69) is 33.8 Å². The van der Waals surface area contributed by atoms with Crippen LogP contribution in [0.4, 0.5) is 10.5 Å². The van der Waals surface area contributed by atoms with Gasteiger partial charge in [-0.3, -0.25) is 4.98 Å². The number of aromatic nitrogens is 1. The predicted molar refractivity (Wildman–Crippen MR) is 127 cm³/mol. The van der Waals surface area contributed by atoms with Gasteiger partial charge in [-0.25, -0.2) is 4.79 Å². The molecule has 0 atom stereocenters. The van der Waals surface area contributed by atoms with Crippen LogP contribution >= 0.6 is 0 Å². The smallest absolute Gasteiger partial charge is 0.319 e. The van der Waals surface area contributed by atoms with E-state index >= 15 is 0 Å². The van der Waals surface area contributed by atoms with Crippen LogP contribution in [0.5, 0.6) is 11.5 Å². The van der Waals surface area contributed by atoms with E-state index in [1.807, 2.05) is 37.4 Å². The van der Waals surface area contributed by atoms with Crippen molar-refractivity contribution >= 4 is 22.5 Å². The van der Waals surface area contributed by atoms with Gasteiger partial charge < -0.3 is 20.1 Å². The molecule has 0 fully saturated rings. The number of pyridine rings is 1. The van der Waals surface area contributed by atoms with Crippen LogP contribution in [0.15, 0.2) is 79.1 Å². The maximum Gasteiger partial charge on any atom is 0.319 e. The molecule has 32 heavy (non-hydrogen) atoms. The molecule has 0 radical (unpaired) electrons. The van der Waals surface area contributed by atoms with Crippen LogP contribution in [0.1, 0.15) is 12.5 Å². The Labute approximate surface area is 187 Å². The van der Waals surface area contributed by atoms with Gasteiger partial charge in [-0.05, 0) is 71.5 Å². The van der Waals surface area contributed by atoms with Gasteiger partial charge in [-0.1, -0.05) is 24.3 Å². The maximum absolute atomic E-state index is 12.4. The zero-order chi connectivity index (χ0) is 22.3. The molecule has 4 aromatic rings. The van der Waals surface area contributed by atoms with Gasteiger partial charge in [0.25, 0.3) is 0 Å². The van der Waals surface area contributed by atoms with Gasteiger partial charge in [-0.2, -0.15) is 0 Å². The molecule has 3 aromatic carbocycles. The molecule has 4 rings (SSSR count). The van der Waals surface area contributed by atoms with Crippen molar-refractivity contribution in [2.45, 2.75) is 13.5 Å². The lowest BCUT2D eigenvalue weighted by atomic mass is 9.96. The van der Waals surface area contributed by atoms with Crippen LogP contribution in [-0.4, -0.2) is 24.7 Å². The number of benzene rings is 3. The molecule has 0 bridgehead atoms. The van der Waals surface area contributed by atoms with E-state index in [-0.39, 0.29) is 6.03 Å². The first-order valence-corrected chi connectivity index (χ1v) is 10.5. The molecule has 2 amide bonds. The van der Waals surface area contributed by atoms with Crippen molar-refractivity contribution in [1.82, 2.24) is 10.3 Å². The summed E-state index contributed by atoms with van der Waals surface area (Å²) in [5.41, 5.74) is 3.90. The molecule has 6 nitrogen and oxygen atoms in total. The molecule has 0 saturated heterocycles. The van der Waals surface area contributed by atoms with Crippen molar-refractivity contribution in [1.29, 1.82) is 0 Å². The van der Waals surface area contributed by atoms with E-state index in [1.165, 1.54) is 0 Å². The van der Waals surface area contributed by atoms with Crippen molar-refractivity contribution in [3.05, 3.63) is 84.7 Å². The molecule has 0 spiro atoms. The summed E-state index contributed by atoms with van der Waals surface area (Å²) in [4.78, 5) is 16.7. The van der Waals surface area contributed by atoms with E-state index in [0.29, 0.717) is 18.8 Å². The minimum Gasteiger partial charge on any atom is -0.497 e. The number of rotatable bonds is 7. The minimum absolute atomic E-state index is 0.275. The Morgan fingerprint density at radius 3 is 2.38 bits per heavy atom. The maximum atomic E-state index is 12.4. The lowest BCUT2D eigenvalue weighted by Gasteiger charge is -2.13. The van der Waals surface area contributed by atoms with E-state index < -0.39 is 0 Å². The summed E-state index contributed by atoms with van der Waals surface area (Å²) >= 11 is 0. The van der Waals surface area contributed by atoms with E-state index in [0.717, 1.165) is 39.0 Å². The number of anilines is 1. The summed E-state index contributed by atoms with van der Waals surface area (Å²) in [6.07, 6.45) is 3.62. The van der Waals surface area contributed by atoms with Gasteiger partial charge in [0, 0.05) is 30.0 Å². The first-order chi connectivity index (χ1) is 15.7. The lowest BCUT2D eigenvalue weighted by molar-refractivity contribution is 0.252. The molecule has 0 aliphatic carbocycles. The van der Waals surface area contributed by atoms with Crippen molar-refractivity contribution in [3.8, 4) is 22.6 Å². The quantitative estimate of drug-likeness (QED) is 0.401. The Balaban J connectivity index is 1.51. The Morgan fingerprint density at radius 2 is 1.66 bits per heavy atom. The summed E-state index contributed by atoms with van der Waals surface area (Å²) in [6, 6.07) is 21.1. The molecule has 162 valence electrons. The van der Waals surface area contributed by atoms with Crippen LogP contribution in [-0.2, 0) is 6.54 Å². The van der Waals surface area contributed by atoms with Crippen molar-refractivity contribution in [2.75, 3.05) is 19.0 Å². The highest BCUT2D eigenvalue weighted by molar-refractivity contribution is 5.98. The average Bonchev–Trinajstić information content (AvgIpc) is 2.84. The van der Waals surface area contributed by atoms with E-state index in [9.17, 15) is 4.79 Å². The van der Waals surface area contributed by atoms with Crippen molar-refractivity contribution in [3.63, 3.8) is 0 Å². The number of methoxy groups -OCH3 is 1. The second kappa shape index (κ2) is 9.83. The molecule has 6 heteroatoms. The zero-order valence-electron chi connectivity index (χ0n) is 18.1. The standard InChI is InChI=1S/C26H25N3O3/c1-3-32-22-9-4-18(5-10-22)23-13-6-19(25-17-27-15-14-24(23)25)16-28-26(30)29-20-7-11-21(31-2)12-8-20/h4-15,17H,3,16H2,1-2H3,(H2,28,29,30). The largest absolute Gasteiger partial charge is 0.497 e. The topological polar surface area (TPSA) is 72.5 Å². The molecule has 0 saturated carbocycles. The fraction of sp³-hybridized carbons (Fsp3) is 0.154. The van der Waals surface area contributed by atoms with Crippen LogP contribution in [0, 0.1) is 0 Å². The summed E-state index contributed by atoms with van der Waals surface area (Å²) < 4.78 is 10.7. The van der Waals surface area contributed by atoms with Crippen LogP contribution in [0.25, 0.3) is 21.9 Å². The number of carbonyl (C=O) groups excluding carboxylic acids is 1. The molecule has 0 unspecified atom stereocenters. The lowest BCUT2D eigenvalue weighted by Crippen LogP contribution is -2.28. The van der Waals surface area contributed by atoms with Gasteiger partial charge in [0.15, 0.2) is 0 Å². The third-order valence-electron chi connectivity index (χ3n) is 5.17. The molecule has 2 N–H and O–H groups in total. The van der Waals surface area contributed by atoms with Gasteiger partial charge in [0.1, 0.15) is 11.5 Å². The number of nitrogens with zero attached hydrogens (tertiary/aromatic N) is 1. The highest BCUT2D eigenvalue weighted by Gasteiger charge is 2.10. The third kappa shape index (κ3) is 4.81. The van der Waals surface area contributed by atoms with E-state index in [4.69, 9.17) is 9.47 Å². The number of fused-ring (bicyclic) bond motifs is 1. The first-order valence-electron chi connectivity index (χ1n) is 10.5. The molecule has 0 aliphatic heterocycles. The number of hydrogen-bond donors (Lipinski definition) is 2. The second-order valence-electron chi connectivity index (χ2n) is 7.19. The fourth-order valence-corrected chi connectivity index (χ4v) is 3.58. The van der Waals surface area contributed by atoms with Crippen LogP contribution in [0.3, 0.4) is 0 Å². The summed E-state index contributed by atoms with van der Waals surface area (Å²) in [5, 5.41) is 7.84. The Bertz CT molecular complexity index is 1210. The number of urea groups is 1. The highest BCUT2D eigenvalue weighted by atomic mass is 16.5. The zero-order valence-corrected chi connectivity index (χ0v) is 18.1. The van der Waals surface area contributed by atoms with Crippen LogP contribution in [0.2, 0.25) is 0 Å². The average molecular weight is 428 g/mol. The first kappa shape index (κ1) is 21.2. The second-order valence-corrected chi connectivity index (χ2v) is 7.19. The molecular weight excluding hydrogens is 402 g/mol. The Kier molecular flexibility index (Phi) is 6.51. The number of hydrogen-bond acceptors (Lipinski definition) is 4. The van der Waals surface area contributed by atoms with E-state index in [1.54, 1.807) is 37.6 Å². The highest BCUT2D eigenvalue weighted by Crippen LogP contribution is 2.31. The number of nitrogens with one attached hydrogen (secondary N) is 2. The molecular formula is C26H25N3O3. The number of carbonyl (C=O) groups is 1. The number of ether oxygens (including phenoxy) is 2. The van der Waals surface area contributed by atoms with Crippen LogP contribution < -0.4 is 20.1 Å². The third-order valence-corrected chi connectivity index (χ3v) is 5.17. The van der Waals surface area contributed by atoms with Crippen molar-refractivity contribution in [2.24, 2.45) is 0 Å². The van der Waals surface area contributed by atoms with Gasteiger partial charge in [0.2, 0.25) is 0 Å². The fourth-order valence-electron chi connectivity index (χ4n) is 3.58. The number of amides is 2. The van der Waals surface area contributed by atoms with Gasteiger partial charge in [0.05, 0.1) is 13.7 Å². The predicted octanol–water partition coefficient (Wildman–Crippen LogP) is 5.63. The summed E-state index contributed by atoms with van der Waals surface area (Å²) in [5.74, 6) is 1.59. The van der Waals surface area contributed by atoms with Gasteiger partial charge >= 0.3 is 6.03 Å². The summed E-state index contributed by atoms with van der Waals surface area (Å²) in [7, 11) is 1.61. The Morgan fingerprint density at radius 1 is 0.906 bits per heavy atom.